The molecule has 0 atom stereocenters. The average molecular weight is 390 g/mol. The monoisotopic (exact) mass is 390 g/mol. The van der Waals surface area contributed by atoms with Gasteiger partial charge in [-0.1, -0.05) is 47.6 Å². The van der Waals surface area contributed by atoms with Crippen LogP contribution in [-0.4, -0.2) is 25.8 Å². The van der Waals surface area contributed by atoms with Gasteiger partial charge in [0.15, 0.2) is 5.71 Å². The fourth-order valence-corrected chi connectivity index (χ4v) is 2.68. The molecule has 29 heavy (non-hydrogen) atoms. The summed E-state index contributed by atoms with van der Waals surface area (Å²) in [5, 5.41) is 6.41. The van der Waals surface area contributed by atoms with Crippen LogP contribution in [0.2, 0.25) is 0 Å². The minimum Gasteiger partial charge on any atom is -0.489 e. The molecule has 0 unspecified atom stereocenters. The fourth-order valence-electron chi connectivity index (χ4n) is 2.68. The summed E-state index contributed by atoms with van der Waals surface area (Å²) in [7, 11) is 2.93. The van der Waals surface area contributed by atoms with Crippen LogP contribution in [0.25, 0.3) is 0 Å². The average Bonchev–Trinajstić information content (AvgIpc) is 2.77. The van der Waals surface area contributed by atoms with Crippen molar-refractivity contribution in [3.63, 3.8) is 0 Å². The SMILES string of the molecule is CNC(=O)/C(=N\OC)c1ccccc1Oc1cccc(COc2ccccc2)c1. The van der Waals surface area contributed by atoms with Crippen LogP contribution < -0.4 is 14.8 Å². The molecule has 1 N–H and O–H groups in total. The number of hydrogen-bond donors (Lipinski definition) is 1. The summed E-state index contributed by atoms with van der Waals surface area (Å²) in [5.41, 5.74) is 1.62. The standard InChI is InChI=1S/C23H22N2O4/c1-24-23(26)22(25-27-2)20-13-6-7-14-21(20)29-19-12-8-9-17(15-19)16-28-18-10-4-3-5-11-18/h3-15H,16H2,1-2H3,(H,24,26)/b25-22-. The summed E-state index contributed by atoms with van der Waals surface area (Å²) in [6.45, 7) is 0.414. The highest BCUT2D eigenvalue weighted by Crippen LogP contribution is 2.27. The zero-order chi connectivity index (χ0) is 20.5. The van der Waals surface area contributed by atoms with Gasteiger partial charge in [-0.05, 0) is 42.0 Å². The maximum atomic E-state index is 12.2. The van der Waals surface area contributed by atoms with E-state index in [0.717, 1.165) is 11.3 Å². The van der Waals surface area contributed by atoms with Gasteiger partial charge in [0.1, 0.15) is 31.0 Å². The molecule has 3 rings (SSSR count). The number of carbonyl (C=O) groups is 1. The number of benzene rings is 3. The molecule has 3 aromatic rings. The number of ether oxygens (including phenoxy) is 2. The predicted octanol–water partition coefficient (Wildman–Crippen LogP) is 4.15. The van der Waals surface area contributed by atoms with Crippen molar-refractivity contribution in [3.8, 4) is 17.2 Å². The molecule has 0 aliphatic rings. The van der Waals surface area contributed by atoms with Crippen molar-refractivity contribution in [2.45, 2.75) is 6.61 Å². The van der Waals surface area contributed by atoms with Crippen molar-refractivity contribution in [2.24, 2.45) is 5.16 Å². The maximum absolute atomic E-state index is 12.2. The van der Waals surface area contributed by atoms with Crippen LogP contribution in [0.4, 0.5) is 0 Å². The third-order valence-corrected chi connectivity index (χ3v) is 4.04. The van der Waals surface area contributed by atoms with Crippen LogP contribution in [0.15, 0.2) is 84.0 Å². The van der Waals surface area contributed by atoms with Gasteiger partial charge in [-0.2, -0.15) is 0 Å². The number of nitrogens with zero attached hydrogens (tertiary/aromatic N) is 1. The zero-order valence-electron chi connectivity index (χ0n) is 16.3. The summed E-state index contributed by atoms with van der Waals surface area (Å²) >= 11 is 0. The third-order valence-electron chi connectivity index (χ3n) is 4.04. The lowest BCUT2D eigenvalue weighted by Crippen LogP contribution is -2.28. The van der Waals surface area contributed by atoms with Crippen LogP contribution in [-0.2, 0) is 16.2 Å². The van der Waals surface area contributed by atoms with E-state index in [4.69, 9.17) is 14.3 Å². The normalized spacial score (nSPS) is 10.9. The number of likely N-dealkylation sites (N-methyl/N-ethyl adjacent to an activating group) is 1. The van der Waals surface area contributed by atoms with Gasteiger partial charge in [-0.25, -0.2) is 0 Å². The van der Waals surface area contributed by atoms with Crippen LogP contribution in [0.5, 0.6) is 17.2 Å². The molecule has 0 aliphatic carbocycles. The lowest BCUT2D eigenvalue weighted by atomic mass is 10.1. The predicted molar refractivity (Wildman–Crippen MR) is 111 cm³/mol. The Morgan fingerprint density at radius 2 is 1.66 bits per heavy atom. The Hall–Kier alpha value is -3.80. The summed E-state index contributed by atoms with van der Waals surface area (Å²) in [6, 6.07) is 24.4. The largest absolute Gasteiger partial charge is 0.489 e. The highest BCUT2D eigenvalue weighted by molar-refractivity contribution is 6.45. The minimum atomic E-state index is -0.368. The highest BCUT2D eigenvalue weighted by atomic mass is 16.6. The van der Waals surface area contributed by atoms with Crippen LogP contribution in [0, 0.1) is 0 Å². The smallest absolute Gasteiger partial charge is 0.273 e. The van der Waals surface area contributed by atoms with Crippen molar-refractivity contribution >= 4 is 11.6 Å². The van der Waals surface area contributed by atoms with Gasteiger partial charge in [0.25, 0.3) is 5.91 Å². The van der Waals surface area contributed by atoms with Gasteiger partial charge in [-0.3, -0.25) is 4.79 Å². The van der Waals surface area contributed by atoms with E-state index in [1.807, 2.05) is 60.7 Å². The van der Waals surface area contributed by atoms with E-state index in [1.165, 1.54) is 14.2 Å². The van der Waals surface area contributed by atoms with E-state index in [0.29, 0.717) is 23.7 Å². The summed E-state index contributed by atoms with van der Waals surface area (Å²) < 4.78 is 11.8. The molecular weight excluding hydrogens is 368 g/mol. The van der Waals surface area contributed by atoms with Crippen molar-refractivity contribution in [3.05, 3.63) is 90.0 Å². The number of hydrogen-bond acceptors (Lipinski definition) is 5. The van der Waals surface area contributed by atoms with Crippen molar-refractivity contribution in [2.75, 3.05) is 14.2 Å². The molecule has 0 heterocycles. The molecule has 6 heteroatoms. The first-order chi connectivity index (χ1) is 14.2. The van der Waals surface area contributed by atoms with Gasteiger partial charge < -0.3 is 19.6 Å². The van der Waals surface area contributed by atoms with E-state index in [9.17, 15) is 4.79 Å². The fraction of sp³-hybridized carbons (Fsp3) is 0.130. The molecule has 0 spiro atoms. The molecule has 6 nitrogen and oxygen atoms in total. The Kier molecular flexibility index (Phi) is 6.84. The Labute approximate surface area is 169 Å². The molecule has 0 aliphatic heterocycles. The van der Waals surface area contributed by atoms with Crippen molar-refractivity contribution in [1.82, 2.24) is 5.32 Å². The molecule has 0 saturated heterocycles. The topological polar surface area (TPSA) is 69.2 Å². The van der Waals surface area contributed by atoms with E-state index in [-0.39, 0.29) is 11.6 Å². The third kappa shape index (κ3) is 5.35. The van der Waals surface area contributed by atoms with E-state index in [2.05, 4.69) is 10.5 Å². The van der Waals surface area contributed by atoms with Crippen molar-refractivity contribution < 1.29 is 19.1 Å². The Balaban J connectivity index is 1.80. The number of carbonyl (C=O) groups excluding carboxylic acids is 1. The van der Waals surface area contributed by atoms with Gasteiger partial charge in [0.05, 0.1) is 5.56 Å². The zero-order valence-corrected chi connectivity index (χ0v) is 16.3. The van der Waals surface area contributed by atoms with Crippen LogP contribution >= 0.6 is 0 Å². The number of nitrogens with one attached hydrogen (secondary N) is 1. The summed E-state index contributed by atoms with van der Waals surface area (Å²) in [4.78, 5) is 17.0. The van der Waals surface area contributed by atoms with E-state index in [1.54, 1.807) is 18.2 Å². The lowest BCUT2D eigenvalue weighted by molar-refractivity contribution is -0.114. The molecule has 0 fully saturated rings. The summed E-state index contributed by atoms with van der Waals surface area (Å²) in [5.74, 6) is 1.55. The second kappa shape index (κ2) is 9.94. The maximum Gasteiger partial charge on any atom is 0.273 e. The number of para-hydroxylation sites is 2. The molecule has 148 valence electrons. The molecule has 1 amide bonds. The molecule has 0 saturated carbocycles. The Bertz CT molecular complexity index is 987. The lowest BCUT2D eigenvalue weighted by Gasteiger charge is -2.13. The molecule has 3 aromatic carbocycles. The number of amides is 1. The number of oxime groups is 1. The number of rotatable bonds is 8. The minimum absolute atomic E-state index is 0.133. The summed E-state index contributed by atoms with van der Waals surface area (Å²) in [6.07, 6.45) is 0. The molecule has 0 radical (unpaired) electrons. The molecular formula is C23H22N2O4. The van der Waals surface area contributed by atoms with Gasteiger partial charge >= 0.3 is 0 Å². The van der Waals surface area contributed by atoms with Gasteiger partial charge in [-0.15, -0.1) is 0 Å². The van der Waals surface area contributed by atoms with E-state index < -0.39 is 0 Å². The van der Waals surface area contributed by atoms with Crippen LogP contribution in [0.3, 0.4) is 0 Å². The van der Waals surface area contributed by atoms with Gasteiger partial charge in [0, 0.05) is 7.05 Å². The highest BCUT2D eigenvalue weighted by Gasteiger charge is 2.18. The second-order valence-corrected chi connectivity index (χ2v) is 6.05. The van der Waals surface area contributed by atoms with Gasteiger partial charge in [0.2, 0.25) is 0 Å². The quantitative estimate of drug-likeness (QED) is 0.463. The Morgan fingerprint density at radius 1 is 0.931 bits per heavy atom. The first-order valence-electron chi connectivity index (χ1n) is 9.08. The van der Waals surface area contributed by atoms with Crippen molar-refractivity contribution in [1.29, 1.82) is 0 Å². The van der Waals surface area contributed by atoms with Crippen LogP contribution in [0.1, 0.15) is 11.1 Å². The Morgan fingerprint density at radius 3 is 2.41 bits per heavy atom. The first kappa shape index (κ1) is 19.9. The first-order valence-corrected chi connectivity index (χ1v) is 9.08. The van der Waals surface area contributed by atoms with E-state index >= 15 is 0 Å². The second-order valence-electron chi connectivity index (χ2n) is 6.05. The molecule has 0 bridgehead atoms. The molecule has 0 aromatic heterocycles.